The normalized spacial score (nSPS) is 13.2. The Morgan fingerprint density at radius 1 is 1.55 bits per heavy atom. The Labute approximate surface area is 81.9 Å². The van der Waals surface area contributed by atoms with Crippen LogP contribution in [-0.2, 0) is 8.98 Å². The van der Waals surface area contributed by atoms with E-state index < -0.39 is 12.1 Å². The minimum atomic E-state index is -0.755. The van der Waals surface area contributed by atoms with Crippen LogP contribution in [0.5, 0.6) is 0 Å². The average molecular weight is 214 g/mol. The van der Waals surface area contributed by atoms with Crippen molar-refractivity contribution in [3.8, 4) is 0 Å². The Bertz CT molecular complexity index is 128. The smallest absolute Gasteiger partial charge is 0.320 e. The first-order chi connectivity index (χ1) is 5.06. The molecule has 0 saturated heterocycles. The van der Waals surface area contributed by atoms with E-state index in [4.69, 9.17) is 5.11 Å². The summed E-state index contributed by atoms with van der Waals surface area (Å²) in [6.07, 6.45) is -0.481. The van der Waals surface area contributed by atoms with Gasteiger partial charge in [-0.1, -0.05) is 0 Å². The molecule has 0 amide bonds. The minimum absolute atomic E-state index is 0.0683. The highest BCUT2D eigenvalue weighted by atomic mass is 32.2. The highest BCUT2D eigenvalue weighted by molar-refractivity contribution is 7.99. The van der Waals surface area contributed by atoms with Crippen molar-refractivity contribution in [1.29, 1.82) is 0 Å². The Kier molecular flexibility index (Phi) is 6.31. The molecule has 0 aromatic carbocycles. The predicted octanol–water partition coefficient (Wildman–Crippen LogP) is 0.701. The molecule has 0 aromatic heterocycles. The van der Waals surface area contributed by atoms with Gasteiger partial charge in [0.1, 0.15) is 0 Å². The van der Waals surface area contributed by atoms with Crippen molar-refractivity contribution in [2.75, 3.05) is 0 Å². The van der Waals surface area contributed by atoms with Crippen LogP contribution in [-0.4, -0.2) is 21.8 Å². The third-order valence-electron chi connectivity index (χ3n) is 0.987. The molecule has 0 heterocycles. The zero-order valence-corrected chi connectivity index (χ0v) is 8.36. The van der Waals surface area contributed by atoms with E-state index in [0.29, 0.717) is 6.42 Å². The van der Waals surface area contributed by atoms with Crippen LogP contribution in [0.3, 0.4) is 0 Å². The Balaban J connectivity index is 3.51. The summed E-state index contributed by atoms with van der Waals surface area (Å²) < 4.78 is 3.82. The van der Waals surface area contributed by atoms with Gasteiger partial charge < -0.3 is 9.29 Å². The van der Waals surface area contributed by atoms with E-state index in [1.54, 1.807) is 0 Å². The van der Waals surface area contributed by atoms with Crippen LogP contribution < -0.4 is 0 Å². The average Bonchev–Trinajstić information content (AvgIpc) is 1.85. The van der Waals surface area contributed by atoms with E-state index in [9.17, 15) is 4.79 Å². The fourth-order valence-corrected chi connectivity index (χ4v) is 1.12. The lowest BCUT2D eigenvalue weighted by atomic mass is 10.2. The number of aliphatic hydroxyl groups excluding tert-OH is 1. The summed E-state index contributed by atoms with van der Waals surface area (Å²) in [5.41, 5.74) is 0. The van der Waals surface area contributed by atoms with Crippen molar-refractivity contribution < 1.29 is 14.1 Å². The van der Waals surface area contributed by atoms with Gasteiger partial charge in [0.05, 0.1) is 12.5 Å². The fourth-order valence-electron chi connectivity index (χ4n) is 0.556. The van der Waals surface area contributed by atoms with E-state index in [1.807, 2.05) is 0 Å². The van der Waals surface area contributed by atoms with Crippen LogP contribution in [0.25, 0.3) is 0 Å². The highest BCUT2D eigenvalue weighted by Crippen LogP contribution is 2.11. The van der Waals surface area contributed by atoms with Crippen LogP contribution in [0.2, 0.25) is 0 Å². The van der Waals surface area contributed by atoms with Crippen molar-refractivity contribution in [3.05, 3.63) is 0 Å². The lowest BCUT2D eigenvalue weighted by Gasteiger charge is -2.09. The number of carbonyl (C=O) groups excluding carboxylic acids is 1. The van der Waals surface area contributed by atoms with Crippen molar-refractivity contribution in [2.45, 2.75) is 23.5 Å². The maximum atomic E-state index is 10.5. The van der Waals surface area contributed by atoms with Crippen LogP contribution in [0.15, 0.2) is 0 Å². The molecular weight excluding hydrogens is 204 g/mol. The number of rotatable bonds is 4. The molecule has 0 aliphatic carbocycles. The summed E-state index contributed by atoms with van der Waals surface area (Å²) in [5, 5.41) is 9.09. The molecule has 11 heavy (non-hydrogen) atoms. The molecule has 0 aromatic rings. The van der Waals surface area contributed by atoms with Crippen molar-refractivity contribution >= 4 is 44.1 Å². The molecule has 0 aliphatic heterocycles. The van der Waals surface area contributed by atoms with Crippen LogP contribution in [0.1, 0.15) is 12.8 Å². The summed E-state index contributed by atoms with van der Waals surface area (Å²) in [4.78, 5) is 10.5. The van der Waals surface area contributed by atoms with Gasteiger partial charge in [0.2, 0.25) is 0 Å². The molecule has 1 unspecified atom stereocenters. The minimum Gasteiger partial charge on any atom is -0.395 e. The number of thiol groups is 3. The third kappa shape index (κ3) is 6.86. The molecule has 1 N–H and O–H groups in total. The van der Waals surface area contributed by atoms with Gasteiger partial charge in [-0.2, -0.15) is 25.3 Å². The first kappa shape index (κ1) is 11.5. The molecule has 3 nitrogen and oxygen atoms in total. The van der Waals surface area contributed by atoms with Gasteiger partial charge in [-0.15, -0.1) is 0 Å². The second kappa shape index (κ2) is 6.05. The van der Waals surface area contributed by atoms with Gasteiger partial charge in [0.25, 0.3) is 0 Å². The lowest BCUT2D eigenvalue weighted by molar-refractivity contribution is -0.134. The summed E-state index contributed by atoms with van der Waals surface area (Å²) in [6, 6.07) is 0. The third-order valence-corrected chi connectivity index (χ3v) is 1.61. The van der Waals surface area contributed by atoms with E-state index >= 15 is 0 Å². The maximum absolute atomic E-state index is 10.5. The van der Waals surface area contributed by atoms with Gasteiger partial charge in [-0.05, 0) is 6.42 Å². The molecule has 0 rings (SSSR count). The second-order valence-electron chi connectivity index (χ2n) is 2.04. The Morgan fingerprint density at radius 2 is 2.09 bits per heavy atom. The predicted molar refractivity (Wildman–Crippen MR) is 52.1 cm³/mol. The van der Waals surface area contributed by atoms with Crippen molar-refractivity contribution in [3.63, 3.8) is 0 Å². The quantitative estimate of drug-likeness (QED) is 0.316. The number of aliphatic hydroxyl groups is 1. The SMILES string of the molecule is O=C(CC(O)CC(S)S)OS. The van der Waals surface area contributed by atoms with Crippen LogP contribution >= 0.6 is 38.2 Å². The first-order valence-electron chi connectivity index (χ1n) is 2.94. The lowest BCUT2D eigenvalue weighted by Crippen LogP contribution is -2.15. The van der Waals surface area contributed by atoms with E-state index in [1.165, 1.54) is 0 Å². The zero-order chi connectivity index (χ0) is 8.85. The van der Waals surface area contributed by atoms with E-state index in [0.717, 1.165) is 0 Å². The molecule has 0 spiro atoms. The monoisotopic (exact) mass is 214 g/mol. The van der Waals surface area contributed by atoms with E-state index in [-0.39, 0.29) is 11.0 Å². The molecule has 0 radical (unpaired) electrons. The van der Waals surface area contributed by atoms with Gasteiger partial charge in [-0.3, -0.25) is 4.79 Å². The second-order valence-corrected chi connectivity index (χ2v) is 3.87. The summed E-state index contributed by atoms with van der Waals surface area (Å²) in [5.74, 6) is -0.553. The summed E-state index contributed by atoms with van der Waals surface area (Å²) in [7, 11) is 0. The van der Waals surface area contributed by atoms with Crippen LogP contribution in [0.4, 0.5) is 0 Å². The molecule has 0 saturated carbocycles. The highest BCUT2D eigenvalue weighted by Gasteiger charge is 2.13. The Hall–Kier alpha value is 0.480. The molecule has 0 fully saturated rings. The molecule has 0 aliphatic rings. The summed E-state index contributed by atoms with van der Waals surface area (Å²) >= 11 is 11.1. The maximum Gasteiger partial charge on any atom is 0.320 e. The van der Waals surface area contributed by atoms with Gasteiger partial charge in [0, 0.05) is 17.5 Å². The van der Waals surface area contributed by atoms with Crippen molar-refractivity contribution in [2.24, 2.45) is 0 Å². The fraction of sp³-hybridized carbons (Fsp3) is 0.800. The molecule has 0 bridgehead atoms. The number of carbonyl (C=O) groups is 1. The topological polar surface area (TPSA) is 46.5 Å². The molecule has 66 valence electrons. The standard InChI is InChI=1S/C5H10O3S3/c6-3(2-5(9)10)1-4(7)8-11/h3,5-6,9-11H,1-2H2. The van der Waals surface area contributed by atoms with Crippen LogP contribution in [0, 0.1) is 0 Å². The molecule has 1 atom stereocenters. The van der Waals surface area contributed by atoms with Crippen molar-refractivity contribution in [1.82, 2.24) is 0 Å². The van der Waals surface area contributed by atoms with Gasteiger partial charge in [0.15, 0.2) is 0 Å². The first-order valence-corrected chi connectivity index (χ1v) is 4.34. The van der Waals surface area contributed by atoms with Gasteiger partial charge >= 0.3 is 5.97 Å². The largest absolute Gasteiger partial charge is 0.395 e. The number of hydrogen-bond donors (Lipinski definition) is 4. The van der Waals surface area contributed by atoms with Gasteiger partial charge in [-0.25, -0.2) is 0 Å². The summed E-state index contributed by atoms with van der Waals surface area (Å²) in [6.45, 7) is 0. The zero-order valence-electron chi connectivity index (χ0n) is 5.67. The molecular formula is C5H10O3S3. The number of hydrogen-bond acceptors (Lipinski definition) is 6. The Morgan fingerprint density at radius 3 is 2.45 bits per heavy atom. The molecule has 6 heteroatoms. The van der Waals surface area contributed by atoms with E-state index in [2.05, 4.69) is 42.4 Å².